The van der Waals surface area contributed by atoms with Crippen LogP contribution in [0, 0.1) is 5.41 Å². The van der Waals surface area contributed by atoms with Crippen molar-refractivity contribution in [3.63, 3.8) is 0 Å². The van der Waals surface area contributed by atoms with Gasteiger partial charge >= 0.3 is 6.18 Å². The molecule has 1 aromatic heterocycles. The van der Waals surface area contributed by atoms with Crippen molar-refractivity contribution in [2.75, 3.05) is 6.61 Å². The number of rotatable bonds is 5. The molecule has 118 valence electrons. The van der Waals surface area contributed by atoms with Gasteiger partial charge in [0.25, 0.3) is 0 Å². The summed E-state index contributed by atoms with van der Waals surface area (Å²) < 4.78 is 40.7. The Balaban J connectivity index is 2.41. The molecule has 22 heavy (non-hydrogen) atoms. The molecule has 3 nitrogen and oxygen atoms in total. The second kappa shape index (κ2) is 6.79. The summed E-state index contributed by atoms with van der Waals surface area (Å²) >= 11 is 0. The normalized spacial score (nSPS) is 11.6. The molecule has 0 aliphatic carbocycles. The quantitative estimate of drug-likeness (QED) is 0.876. The van der Waals surface area contributed by atoms with E-state index in [1.807, 2.05) is 30.3 Å². The molecule has 2 rings (SSSR count). The monoisotopic (exact) mass is 310 g/mol. The number of alkyl halides is 3. The summed E-state index contributed by atoms with van der Waals surface area (Å²) in [5, 5.41) is 16.7. The van der Waals surface area contributed by atoms with Gasteiger partial charge in [-0.1, -0.05) is 30.3 Å². The minimum Gasteiger partial charge on any atom is -0.396 e. The molecule has 0 radical (unpaired) electrons. The van der Waals surface area contributed by atoms with Gasteiger partial charge in [0.2, 0.25) is 0 Å². The molecule has 0 atom stereocenters. The maximum atomic E-state index is 13.1. The summed E-state index contributed by atoms with van der Waals surface area (Å²) in [6.45, 7) is 0.169. The first-order valence-electron chi connectivity index (χ1n) is 6.92. The number of aliphatic hydroxyl groups is 1. The topological polar surface area (TPSA) is 49.0 Å². The van der Waals surface area contributed by atoms with Crippen LogP contribution in [-0.2, 0) is 19.1 Å². The van der Waals surface area contributed by atoms with Gasteiger partial charge < -0.3 is 9.67 Å². The maximum Gasteiger partial charge on any atom is 0.416 e. The molecule has 0 saturated carbocycles. The van der Waals surface area contributed by atoms with Crippen LogP contribution in [0.5, 0.6) is 0 Å². The van der Waals surface area contributed by atoms with Crippen molar-refractivity contribution in [3.05, 3.63) is 64.8 Å². The van der Waals surface area contributed by atoms with Crippen LogP contribution in [-0.4, -0.2) is 16.3 Å². The molecule has 0 saturated heterocycles. The van der Waals surface area contributed by atoms with Gasteiger partial charge in [0.15, 0.2) is 0 Å². The van der Waals surface area contributed by atoms with Gasteiger partial charge in [-0.05, 0) is 30.0 Å². The molecule has 0 spiro atoms. The standard InChI is InChI=1S/C16H17F3N2O/c17-16(18,19)14-9-15(20)21(11-13(14)7-4-8-22)10-12-5-2-1-3-6-12/h1-3,5-6,9,11,20,22H,4,7-8,10H2. The van der Waals surface area contributed by atoms with E-state index < -0.39 is 11.7 Å². The van der Waals surface area contributed by atoms with Gasteiger partial charge in [-0.15, -0.1) is 0 Å². The molecule has 1 aromatic carbocycles. The Labute approximate surface area is 126 Å². The van der Waals surface area contributed by atoms with E-state index in [9.17, 15) is 13.2 Å². The molecule has 0 aliphatic heterocycles. The number of aromatic nitrogens is 1. The number of hydrogen-bond donors (Lipinski definition) is 2. The van der Waals surface area contributed by atoms with Crippen LogP contribution in [0.15, 0.2) is 42.6 Å². The zero-order chi connectivity index (χ0) is 16.2. The predicted molar refractivity (Wildman–Crippen MR) is 76.2 cm³/mol. The molecule has 0 fully saturated rings. The van der Waals surface area contributed by atoms with Crippen LogP contribution in [0.25, 0.3) is 0 Å². The lowest BCUT2D eigenvalue weighted by Crippen LogP contribution is -2.24. The Morgan fingerprint density at radius 1 is 1.14 bits per heavy atom. The average molecular weight is 310 g/mol. The molecule has 6 heteroatoms. The van der Waals surface area contributed by atoms with Gasteiger partial charge in [-0.2, -0.15) is 13.2 Å². The minimum atomic E-state index is -4.49. The number of benzene rings is 1. The molecule has 2 aromatic rings. The van der Waals surface area contributed by atoms with E-state index in [2.05, 4.69) is 0 Å². The lowest BCUT2D eigenvalue weighted by Gasteiger charge is -2.16. The number of nitrogens with zero attached hydrogens (tertiary/aromatic N) is 1. The predicted octanol–water partition coefficient (Wildman–Crippen LogP) is 2.96. The fourth-order valence-electron chi connectivity index (χ4n) is 2.28. The molecular weight excluding hydrogens is 293 g/mol. The van der Waals surface area contributed by atoms with Gasteiger partial charge in [-0.25, -0.2) is 0 Å². The van der Waals surface area contributed by atoms with Crippen LogP contribution in [0.3, 0.4) is 0 Å². The summed E-state index contributed by atoms with van der Waals surface area (Å²) in [4.78, 5) is 0. The van der Waals surface area contributed by atoms with Crippen LogP contribution < -0.4 is 5.49 Å². The highest BCUT2D eigenvalue weighted by atomic mass is 19.4. The van der Waals surface area contributed by atoms with Crippen molar-refractivity contribution >= 4 is 0 Å². The SMILES string of the molecule is N=c1cc(C(F)(F)F)c(CCCO)cn1Cc1ccccc1. The van der Waals surface area contributed by atoms with E-state index in [4.69, 9.17) is 10.5 Å². The highest BCUT2D eigenvalue weighted by molar-refractivity contribution is 5.27. The molecule has 0 bridgehead atoms. The van der Waals surface area contributed by atoms with Crippen molar-refractivity contribution in [1.82, 2.24) is 4.57 Å². The number of hydrogen-bond acceptors (Lipinski definition) is 2. The van der Waals surface area contributed by atoms with E-state index >= 15 is 0 Å². The zero-order valence-corrected chi connectivity index (χ0v) is 11.9. The van der Waals surface area contributed by atoms with Crippen molar-refractivity contribution < 1.29 is 18.3 Å². The maximum absolute atomic E-state index is 13.1. The van der Waals surface area contributed by atoms with Crippen molar-refractivity contribution in [1.29, 1.82) is 5.41 Å². The lowest BCUT2D eigenvalue weighted by atomic mass is 10.0. The lowest BCUT2D eigenvalue weighted by molar-refractivity contribution is -0.138. The Morgan fingerprint density at radius 2 is 1.82 bits per heavy atom. The third-order valence-corrected chi connectivity index (χ3v) is 3.35. The highest BCUT2D eigenvalue weighted by Gasteiger charge is 2.33. The second-order valence-corrected chi connectivity index (χ2v) is 5.04. The van der Waals surface area contributed by atoms with Crippen molar-refractivity contribution in [2.24, 2.45) is 0 Å². The van der Waals surface area contributed by atoms with Crippen molar-refractivity contribution in [3.8, 4) is 0 Å². The summed E-state index contributed by atoms with van der Waals surface area (Å²) in [6.07, 6.45) is -2.74. The number of aryl methyl sites for hydroxylation is 1. The second-order valence-electron chi connectivity index (χ2n) is 5.04. The third-order valence-electron chi connectivity index (χ3n) is 3.35. The van der Waals surface area contributed by atoms with Crippen LogP contribution in [0.1, 0.15) is 23.1 Å². The smallest absolute Gasteiger partial charge is 0.396 e. The summed E-state index contributed by atoms with van der Waals surface area (Å²) in [7, 11) is 0. The summed E-state index contributed by atoms with van der Waals surface area (Å²) in [6, 6.07) is 10.1. The largest absolute Gasteiger partial charge is 0.416 e. The van der Waals surface area contributed by atoms with E-state index in [1.54, 1.807) is 0 Å². The summed E-state index contributed by atoms with van der Waals surface area (Å²) in [5.41, 5.74) is 0.0292. The molecule has 0 aliphatic rings. The van der Waals surface area contributed by atoms with Gasteiger partial charge in [0.1, 0.15) is 5.49 Å². The Bertz CT molecular complexity index is 678. The first-order valence-corrected chi connectivity index (χ1v) is 6.92. The number of aliphatic hydroxyl groups excluding tert-OH is 1. The summed E-state index contributed by atoms with van der Waals surface area (Å²) in [5.74, 6) is 0. The van der Waals surface area contributed by atoms with E-state index in [1.165, 1.54) is 10.8 Å². The Morgan fingerprint density at radius 3 is 2.41 bits per heavy atom. The molecule has 1 heterocycles. The van der Waals surface area contributed by atoms with Gasteiger partial charge in [-0.3, -0.25) is 5.41 Å². The fourth-order valence-corrected chi connectivity index (χ4v) is 2.28. The number of halogens is 3. The minimum absolute atomic E-state index is 0.105. The van der Waals surface area contributed by atoms with Gasteiger partial charge in [0.05, 0.1) is 5.56 Å². The van der Waals surface area contributed by atoms with E-state index in [-0.39, 0.29) is 30.5 Å². The zero-order valence-electron chi connectivity index (χ0n) is 11.9. The highest BCUT2D eigenvalue weighted by Crippen LogP contribution is 2.31. The van der Waals surface area contributed by atoms with Gasteiger partial charge in [0, 0.05) is 19.3 Å². The molecule has 0 unspecified atom stereocenters. The number of nitrogens with one attached hydrogen (secondary N) is 1. The van der Waals surface area contributed by atoms with Crippen molar-refractivity contribution in [2.45, 2.75) is 25.6 Å². The number of pyridine rings is 1. The molecule has 2 N–H and O–H groups in total. The average Bonchev–Trinajstić information content (AvgIpc) is 2.47. The molecule has 0 amide bonds. The first kappa shape index (κ1) is 16.3. The Kier molecular flexibility index (Phi) is 5.03. The van der Waals surface area contributed by atoms with Crippen LogP contribution in [0.2, 0.25) is 0 Å². The van der Waals surface area contributed by atoms with Crippen LogP contribution >= 0.6 is 0 Å². The fraction of sp³-hybridized carbons (Fsp3) is 0.312. The third kappa shape index (κ3) is 3.98. The molecular formula is C16H17F3N2O. The van der Waals surface area contributed by atoms with E-state index in [0.29, 0.717) is 6.54 Å². The Hall–Kier alpha value is -2.08. The first-order chi connectivity index (χ1) is 10.4. The van der Waals surface area contributed by atoms with E-state index in [0.717, 1.165) is 11.6 Å². The van der Waals surface area contributed by atoms with Crippen LogP contribution in [0.4, 0.5) is 13.2 Å².